The molecule has 3 aromatic carbocycles. The number of aliphatic hydroxyl groups excluding tert-OH is 1. The van der Waals surface area contributed by atoms with E-state index in [-0.39, 0.29) is 17.9 Å². The number of nitrogens with zero attached hydrogens (tertiary/aromatic N) is 2. The van der Waals surface area contributed by atoms with Crippen molar-refractivity contribution in [1.82, 2.24) is 15.2 Å². The van der Waals surface area contributed by atoms with E-state index >= 15 is 0 Å². The fourth-order valence-electron chi connectivity index (χ4n) is 6.15. The first kappa shape index (κ1) is 23.6. The Kier molecular flexibility index (Phi) is 6.37. The van der Waals surface area contributed by atoms with Crippen LogP contribution in [0.1, 0.15) is 35.6 Å². The van der Waals surface area contributed by atoms with Gasteiger partial charge in [0.25, 0.3) is 5.91 Å². The predicted octanol–water partition coefficient (Wildman–Crippen LogP) is 4.38. The van der Waals surface area contributed by atoms with E-state index < -0.39 is 12.1 Å². The Morgan fingerprint density at radius 2 is 1.78 bits per heavy atom. The van der Waals surface area contributed by atoms with Crippen molar-refractivity contribution in [3.63, 3.8) is 0 Å². The topological polar surface area (TPSA) is 74.7 Å². The molecule has 6 heteroatoms. The molecule has 1 fully saturated rings. The fraction of sp³-hybridized carbons (Fsp3) is 0.290. The zero-order valence-electron chi connectivity index (χ0n) is 20.7. The van der Waals surface area contributed by atoms with Crippen LogP contribution in [0.3, 0.4) is 0 Å². The second kappa shape index (κ2) is 9.96. The summed E-state index contributed by atoms with van der Waals surface area (Å²) in [4.78, 5) is 19.5. The van der Waals surface area contributed by atoms with Crippen LogP contribution in [0.25, 0.3) is 10.8 Å². The molecule has 1 aliphatic heterocycles. The minimum absolute atomic E-state index is 0.0866. The summed E-state index contributed by atoms with van der Waals surface area (Å²) < 4.78 is 5.64. The van der Waals surface area contributed by atoms with Crippen LogP contribution in [0.4, 0.5) is 0 Å². The Labute approximate surface area is 216 Å². The van der Waals surface area contributed by atoms with Gasteiger partial charge in [-0.3, -0.25) is 14.7 Å². The summed E-state index contributed by atoms with van der Waals surface area (Å²) in [7, 11) is 0. The standard InChI is InChI=1S/C31H31N3O3/c35-28(21-37-24-9-2-1-3-10-24)33-29-26-11-4-5-12-27(26)31(30(29)36)14-17-34(18-15-31)20-23-8-6-7-22-19-32-16-13-25(22)23/h1-13,16,19,29-30,36H,14-15,17-18,20-21H2,(H,33,35)/t29-,30+/m1/s1. The molecular weight excluding hydrogens is 462 g/mol. The molecule has 37 heavy (non-hydrogen) atoms. The zero-order valence-corrected chi connectivity index (χ0v) is 20.7. The fourth-order valence-corrected chi connectivity index (χ4v) is 6.15. The normalized spacial score (nSPS) is 20.6. The van der Waals surface area contributed by atoms with Crippen molar-refractivity contribution in [1.29, 1.82) is 0 Å². The molecule has 4 aromatic rings. The summed E-state index contributed by atoms with van der Waals surface area (Å²) in [6.45, 7) is 2.54. The van der Waals surface area contributed by atoms with E-state index in [1.54, 1.807) is 0 Å². The third-order valence-corrected chi connectivity index (χ3v) is 8.06. The number of amides is 1. The lowest BCUT2D eigenvalue weighted by Gasteiger charge is -2.43. The second-order valence-corrected chi connectivity index (χ2v) is 10.1. The van der Waals surface area contributed by atoms with E-state index in [1.165, 1.54) is 10.9 Å². The van der Waals surface area contributed by atoms with Crippen LogP contribution in [0.5, 0.6) is 5.75 Å². The molecule has 1 spiro atoms. The van der Waals surface area contributed by atoms with Crippen molar-refractivity contribution < 1.29 is 14.6 Å². The van der Waals surface area contributed by atoms with Gasteiger partial charge in [0.05, 0.1) is 12.1 Å². The van der Waals surface area contributed by atoms with E-state index in [0.717, 1.165) is 49.0 Å². The summed E-state index contributed by atoms with van der Waals surface area (Å²) in [5, 5.41) is 17.1. The van der Waals surface area contributed by atoms with Crippen molar-refractivity contribution >= 4 is 16.7 Å². The van der Waals surface area contributed by atoms with E-state index in [1.807, 2.05) is 60.9 Å². The SMILES string of the molecule is O=C(COc1ccccc1)N[C@@H]1c2ccccc2C2(CCN(Cc3cccc4cnccc34)CC2)[C@H]1O. The van der Waals surface area contributed by atoms with Crippen LogP contribution in [0, 0.1) is 0 Å². The van der Waals surface area contributed by atoms with Crippen LogP contribution < -0.4 is 10.1 Å². The highest BCUT2D eigenvalue weighted by atomic mass is 16.5. The van der Waals surface area contributed by atoms with Gasteiger partial charge in [0.1, 0.15) is 5.75 Å². The molecule has 0 saturated carbocycles. The average Bonchev–Trinajstić information content (AvgIpc) is 3.17. The number of hydrogen-bond donors (Lipinski definition) is 2. The number of fused-ring (bicyclic) bond motifs is 3. The number of para-hydroxylation sites is 1. The highest BCUT2D eigenvalue weighted by Gasteiger charge is 2.52. The van der Waals surface area contributed by atoms with Crippen molar-refractivity contribution in [2.45, 2.75) is 36.9 Å². The minimum Gasteiger partial charge on any atom is -0.484 e. The number of ether oxygens (including phenoxy) is 1. The molecule has 0 bridgehead atoms. The largest absolute Gasteiger partial charge is 0.484 e. The van der Waals surface area contributed by atoms with Gasteiger partial charge in [-0.15, -0.1) is 0 Å². The van der Waals surface area contributed by atoms with Gasteiger partial charge in [-0.2, -0.15) is 0 Å². The molecule has 2 heterocycles. The first-order valence-electron chi connectivity index (χ1n) is 12.9. The van der Waals surface area contributed by atoms with E-state index in [2.05, 4.69) is 45.5 Å². The lowest BCUT2D eigenvalue weighted by Crippen LogP contribution is -2.50. The highest BCUT2D eigenvalue weighted by Crippen LogP contribution is 2.51. The monoisotopic (exact) mass is 493 g/mol. The maximum absolute atomic E-state index is 12.8. The van der Waals surface area contributed by atoms with Gasteiger partial charge in [0.15, 0.2) is 6.61 Å². The average molecular weight is 494 g/mol. The molecule has 6 rings (SSSR count). The third-order valence-electron chi connectivity index (χ3n) is 8.06. The molecule has 0 radical (unpaired) electrons. The number of carbonyl (C=O) groups excluding carboxylic acids is 1. The number of benzene rings is 3. The van der Waals surface area contributed by atoms with Gasteiger partial charge in [-0.25, -0.2) is 0 Å². The Morgan fingerprint density at radius 1 is 1.00 bits per heavy atom. The Hall–Kier alpha value is -3.74. The summed E-state index contributed by atoms with van der Waals surface area (Å²) in [6.07, 6.45) is 4.75. The van der Waals surface area contributed by atoms with Crippen molar-refractivity contribution in [2.75, 3.05) is 19.7 Å². The second-order valence-electron chi connectivity index (χ2n) is 10.1. The van der Waals surface area contributed by atoms with E-state index in [0.29, 0.717) is 5.75 Å². The number of aliphatic hydroxyl groups is 1. The number of rotatable bonds is 6. The molecule has 1 aliphatic carbocycles. The molecule has 1 saturated heterocycles. The molecule has 2 N–H and O–H groups in total. The maximum Gasteiger partial charge on any atom is 0.258 e. The first-order chi connectivity index (χ1) is 18.1. The maximum atomic E-state index is 12.8. The Morgan fingerprint density at radius 3 is 2.62 bits per heavy atom. The van der Waals surface area contributed by atoms with Crippen molar-refractivity contribution in [2.24, 2.45) is 0 Å². The van der Waals surface area contributed by atoms with Gasteiger partial charge >= 0.3 is 0 Å². The molecular formula is C31H31N3O3. The van der Waals surface area contributed by atoms with Crippen LogP contribution in [0.2, 0.25) is 0 Å². The number of pyridine rings is 1. The highest BCUT2D eigenvalue weighted by molar-refractivity contribution is 5.84. The summed E-state index contributed by atoms with van der Waals surface area (Å²) in [5.41, 5.74) is 3.10. The van der Waals surface area contributed by atoms with Crippen molar-refractivity contribution in [3.05, 3.63) is 108 Å². The van der Waals surface area contributed by atoms with Gasteiger partial charge < -0.3 is 15.2 Å². The van der Waals surface area contributed by atoms with Crippen LogP contribution >= 0.6 is 0 Å². The van der Waals surface area contributed by atoms with Gasteiger partial charge in [0.2, 0.25) is 0 Å². The predicted molar refractivity (Wildman–Crippen MR) is 143 cm³/mol. The first-order valence-corrected chi connectivity index (χ1v) is 12.9. The lowest BCUT2D eigenvalue weighted by atomic mass is 9.72. The molecule has 2 aliphatic rings. The molecule has 1 aromatic heterocycles. The third kappa shape index (κ3) is 4.47. The van der Waals surface area contributed by atoms with Crippen LogP contribution in [-0.4, -0.2) is 46.7 Å². The number of piperidine rings is 1. The van der Waals surface area contributed by atoms with E-state index in [4.69, 9.17) is 4.74 Å². The van der Waals surface area contributed by atoms with Crippen LogP contribution in [0.15, 0.2) is 91.3 Å². The number of carbonyl (C=O) groups is 1. The summed E-state index contributed by atoms with van der Waals surface area (Å²) in [6, 6.07) is 25.5. The lowest BCUT2D eigenvalue weighted by molar-refractivity contribution is -0.125. The molecule has 2 atom stereocenters. The molecule has 0 unspecified atom stereocenters. The number of nitrogens with one attached hydrogen (secondary N) is 1. The number of hydrogen-bond acceptors (Lipinski definition) is 5. The van der Waals surface area contributed by atoms with E-state index in [9.17, 15) is 9.90 Å². The molecule has 6 nitrogen and oxygen atoms in total. The quantitative estimate of drug-likeness (QED) is 0.417. The molecule has 1 amide bonds. The van der Waals surface area contributed by atoms with Gasteiger partial charge in [0, 0.05) is 29.7 Å². The smallest absolute Gasteiger partial charge is 0.258 e. The Bertz CT molecular complexity index is 1390. The van der Waals surface area contributed by atoms with Gasteiger partial charge in [-0.05, 0) is 66.2 Å². The number of aromatic nitrogens is 1. The Balaban J connectivity index is 1.16. The summed E-state index contributed by atoms with van der Waals surface area (Å²) in [5.74, 6) is 0.416. The van der Waals surface area contributed by atoms with Gasteiger partial charge in [-0.1, -0.05) is 60.7 Å². The minimum atomic E-state index is -0.684. The number of likely N-dealkylation sites (tertiary alicyclic amines) is 1. The van der Waals surface area contributed by atoms with Crippen LogP contribution in [-0.2, 0) is 16.8 Å². The summed E-state index contributed by atoms with van der Waals surface area (Å²) >= 11 is 0. The molecule has 188 valence electrons. The van der Waals surface area contributed by atoms with Crippen molar-refractivity contribution in [3.8, 4) is 5.75 Å². The zero-order chi connectivity index (χ0) is 25.2.